The van der Waals surface area contributed by atoms with Crippen LogP contribution in [0.5, 0.6) is 0 Å². The molecule has 4 aliphatic rings. The number of carbonyl (C=O) groups is 1. The molecule has 3 nitrogen and oxygen atoms in total. The summed E-state index contributed by atoms with van der Waals surface area (Å²) in [5.41, 5.74) is 2.06. The summed E-state index contributed by atoms with van der Waals surface area (Å²) in [6, 6.07) is 0. The highest BCUT2D eigenvalue weighted by atomic mass is 16.5. The number of hydrogen-bond donors (Lipinski definition) is 1. The van der Waals surface area contributed by atoms with Gasteiger partial charge >= 0.3 is 0 Å². The zero-order valence-electron chi connectivity index (χ0n) is 16.0. The van der Waals surface area contributed by atoms with E-state index in [1.807, 2.05) is 0 Å². The van der Waals surface area contributed by atoms with E-state index in [1.165, 1.54) is 11.1 Å². The molecule has 25 heavy (non-hydrogen) atoms. The number of rotatable bonds is 3. The summed E-state index contributed by atoms with van der Waals surface area (Å²) < 4.78 is 6.29. The first kappa shape index (κ1) is 17.5. The molecule has 0 saturated heterocycles. The van der Waals surface area contributed by atoms with Gasteiger partial charge in [0.1, 0.15) is 5.78 Å². The minimum absolute atomic E-state index is 0.101. The molecule has 0 bridgehead atoms. The van der Waals surface area contributed by atoms with Crippen LogP contribution in [0.25, 0.3) is 0 Å². The molecule has 1 N–H and O–H groups in total. The van der Waals surface area contributed by atoms with Crippen LogP contribution in [0.2, 0.25) is 0 Å². The van der Waals surface area contributed by atoms with Crippen molar-refractivity contribution in [3.05, 3.63) is 23.8 Å². The maximum atomic E-state index is 13.4. The molecule has 0 unspecified atom stereocenters. The van der Waals surface area contributed by atoms with E-state index in [0.717, 1.165) is 19.3 Å². The molecule has 0 heterocycles. The third-order valence-electron chi connectivity index (χ3n) is 8.19. The topological polar surface area (TPSA) is 46.5 Å². The van der Waals surface area contributed by atoms with Gasteiger partial charge in [-0.2, -0.15) is 0 Å². The van der Waals surface area contributed by atoms with Crippen LogP contribution >= 0.6 is 0 Å². The minimum atomic E-state index is -0.528. The first-order valence-corrected chi connectivity index (χ1v) is 9.91. The number of ketones is 1. The van der Waals surface area contributed by atoms with Gasteiger partial charge in [0.2, 0.25) is 0 Å². The van der Waals surface area contributed by atoms with E-state index in [9.17, 15) is 9.90 Å². The van der Waals surface area contributed by atoms with Crippen LogP contribution < -0.4 is 0 Å². The molecule has 2 fully saturated rings. The van der Waals surface area contributed by atoms with Gasteiger partial charge in [-0.3, -0.25) is 4.79 Å². The Morgan fingerprint density at radius 2 is 1.92 bits per heavy atom. The average Bonchev–Trinajstić information content (AvgIpc) is 2.93. The van der Waals surface area contributed by atoms with Crippen molar-refractivity contribution < 1.29 is 14.6 Å². The molecule has 0 aromatic rings. The molecule has 3 heteroatoms. The third-order valence-corrected chi connectivity index (χ3v) is 8.19. The van der Waals surface area contributed by atoms with Crippen LogP contribution in [0.3, 0.4) is 0 Å². The van der Waals surface area contributed by atoms with Crippen molar-refractivity contribution in [2.45, 2.75) is 65.6 Å². The molecule has 0 aliphatic heterocycles. The lowest BCUT2D eigenvalue weighted by Gasteiger charge is -2.47. The average molecular weight is 344 g/mol. The Hall–Kier alpha value is -0.930. The van der Waals surface area contributed by atoms with Crippen LogP contribution in [0.15, 0.2) is 23.8 Å². The molecule has 0 aromatic carbocycles. The maximum Gasteiger partial charge on any atom is 0.142 e. The van der Waals surface area contributed by atoms with E-state index in [4.69, 9.17) is 4.74 Å². The van der Waals surface area contributed by atoms with Gasteiger partial charge in [-0.1, -0.05) is 26.8 Å². The Labute approximate surface area is 151 Å². The second-order valence-corrected chi connectivity index (χ2v) is 9.60. The predicted octanol–water partition coefficient (Wildman–Crippen LogP) is 3.92. The summed E-state index contributed by atoms with van der Waals surface area (Å²) >= 11 is 0. The van der Waals surface area contributed by atoms with Gasteiger partial charge < -0.3 is 9.84 Å². The molecular weight excluding hydrogens is 312 g/mol. The van der Waals surface area contributed by atoms with Crippen LogP contribution in [-0.4, -0.2) is 29.7 Å². The van der Waals surface area contributed by atoms with Gasteiger partial charge in [0.25, 0.3) is 0 Å². The first-order chi connectivity index (χ1) is 11.8. The third kappa shape index (κ3) is 2.15. The number of aliphatic hydroxyl groups is 1. The fourth-order valence-corrected chi connectivity index (χ4v) is 6.80. The van der Waals surface area contributed by atoms with Crippen LogP contribution in [0, 0.1) is 34.5 Å². The lowest BCUT2D eigenvalue weighted by atomic mass is 9.58. The summed E-state index contributed by atoms with van der Waals surface area (Å²) in [7, 11) is 0. The van der Waals surface area contributed by atoms with E-state index in [1.54, 1.807) is 6.08 Å². The van der Waals surface area contributed by atoms with Crippen molar-refractivity contribution in [2.75, 3.05) is 6.61 Å². The van der Waals surface area contributed by atoms with Gasteiger partial charge in [0, 0.05) is 6.42 Å². The molecule has 4 aliphatic carbocycles. The van der Waals surface area contributed by atoms with E-state index < -0.39 is 11.5 Å². The summed E-state index contributed by atoms with van der Waals surface area (Å²) in [5, 5.41) is 11.2. The monoisotopic (exact) mass is 344 g/mol. The first-order valence-electron chi connectivity index (χ1n) is 9.91. The smallest absolute Gasteiger partial charge is 0.142 e. The molecule has 0 aromatic heterocycles. The minimum Gasteiger partial charge on any atom is -0.388 e. The molecule has 4 rings (SSSR count). The number of hydrogen-bond acceptors (Lipinski definition) is 3. The van der Waals surface area contributed by atoms with E-state index in [-0.39, 0.29) is 23.4 Å². The zero-order chi connectivity index (χ0) is 18.1. The van der Waals surface area contributed by atoms with Gasteiger partial charge in [0.15, 0.2) is 0 Å². The fourth-order valence-electron chi connectivity index (χ4n) is 6.80. The summed E-state index contributed by atoms with van der Waals surface area (Å²) in [6.07, 6.45) is 4.78. The van der Waals surface area contributed by atoms with E-state index in [2.05, 4.69) is 34.3 Å². The van der Waals surface area contributed by atoms with Gasteiger partial charge in [-0.15, -0.1) is 6.58 Å². The zero-order valence-corrected chi connectivity index (χ0v) is 16.0. The number of ether oxygens (including phenoxy) is 1. The number of Topliss-reactive ketones (excluding diaryl/α,β-unsaturated/α-hetero) is 1. The normalized spacial score (nSPS) is 47.6. The van der Waals surface area contributed by atoms with Gasteiger partial charge in [0.05, 0.1) is 24.2 Å². The molecule has 0 spiro atoms. The SMILES string of the molecule is C=CCO[C@@H]1C2=C(CCC2)[C@H](O)[C@@H](C)[C@@H]2[C@@H]3[C@H](CC(=O)[C@]21C)C3(C)C. The van der Waals surface area contributed by atoms with Crippen molar-refractivity contribution in [1.29, 1.82) is 0 Å². The van der Waals surface area contributed by atoms with E-state index in [0.29, 0.717) is 30.6 Å². The fraction of sp³-hybridized carbons (Fsp3) is 0.773. The van der Waals surface area contributed by atoms with Gasteiger partial charge in [-0.25, -0.2) is 0 Å². The van der Waals surface area contributed by atoms with Crippen molar-refractivity contribution in [3.8, 4) is 0 Å². The Morgan fingerprint density at radius 1 is 1.24 bits per heavy atom. The van der Waals surface area contributed by atoms with Crippen molar-refractivity contribution in [2.24, 2.45) is 34.5 Å². The van der Waals surface area contributed by atoms with Crippen LogP contribution in [0.1, 0.15) is 53.4 Å². The Kier molecular flexibility index (Phi) is 3.87. The molecule has 2 saturated carbocycles. The summed E-state index contributed by atoms with van der Waals surface area (Å²) in [4.78, 5) is 13.4. The quantitative estimate of drug-likeness (QED) is 0.790. The van der Waals surface area contributed by atoms with E-state index >= 15 is 0 Å². The summed E-state index contributed by atoms with van der Waals surface area (Å²) in [5.74, 6) is 1.61. The number of aliphatic hydroxyl groups excluding tert-OH is 1. The molecular formula is C22H32O3. The maximum absolute atomic E-state index is 13.4. The van der Waals surface area contributed by atoms with Gasteiger partial charge in [-0.05, 0) is 66.4 Å². The lowest BCUT2D eigenvalue weighted by Crippen LogP contribution is -2.53. The number of fused-ring (bicyclic) bond motifs is 3. The second kappa shape index (κ2) is 5.53. The highest BCUT2D eigenvalue weighted by molar-refractivity contribution is 5.88. The Balaban J connectivity index is 1.86. The molecule has 138 valence electrons. The second-order valence-electron chi connectivity index (χ2n) is 9.60. The van der Waals surface area contributed by atoms with Crippen molar-refractivity contribution in [3.63, 3.8) is 0 Å². The molecule has 7 atom stereocenters. The number of carbonyl (C=O) groups excluding carboxylic acids is 1. The van der Waals surface area contributed by atoms with Crippen LogP contribution in [-0.2, 0) is 9.53 Å². The summed E-state index contributed by atoms with van der Waals surface area (Å²) in [6.45, 7) is 13.2. The van der Waals surface area contributed by atoms with Crippen molar-refractivity contribution in [1.82, 2.24) is 0 Å². The highest BCUT2D eigenvalue weighted by Crippen LogP contribution is 2.73. The lowest BCUT2D eigenvalue weighted by molar-refractivity contribution is -0.149. The highest BCUT2D eigenvalue weighted by Gasteiger charge is 2.72. The molecule has 0 radical (unpaired) electrons. The Bertz CT molecular complexity index is 646. The van der Waals surface area contributed by atoms with Crippen LogP contribution in [0.4, 0.5) is 0 Å². The predicted molar refractivity (Wildman–Crippen MR) is 98.0 cm³/mol. The standard InChI is InChI=1S/C22H32O3/c1-6-10-25-20-14-9-7-8-13(14)19(24)12(2)17-18-15(21(18,3)4)11-16(23)22(17,20)5/h6,12,15,17-20,24H,1,7-11H2,2-5H3/t12-,15-,17+,18-,19+,20+,22+/m0/s1. The van der Waals surface area contributed by atoms with Crippen molar-refractivity contribution >= 4 is 5.78 Å². The largest absolute Gasteiger partial charge is 0.388 e. The molecule has 0 amide bonds. The Morgan fingerprint density at radius 3 is 2.60 bits per heavy atom.